The maximum absolute atomic E-state index is 12.6. The minimum absolute atomic E-state index is 0.0767. The number of rotatable bonds is 7. The molecule has 170 valence electrons. The van der Waals surface area contributed by atoms with Gasteiger partial charge in [0.05, 0.1) is 5.92 Å². The maximum Gasteiger partial charge on any atom is 0.309 e. The Morgan fingerprint density at radius 3 is 2.28 bits per heavy atom. The summed E-state index contributed by atoms with van der Waals surface area (Å²) in [6.45, 7) is 4.91. The zero-order chi connectivity index (χ0) is 23.1. The number of esters is 1. The Morgan fingerprint density at radius 2 is 1.69 bits per heavy atom. The smallest absolute Gasteiger partial charge is 0.309 e. The Morgan fingerprint density at radius 1 is 1.06 bits per heavy atom. The quantitative estimate of drug-likeness (QED) is 0.602. The van der Waals surface area contributed by atoms with Gasteiger partial charge in [0.2, 0.25) is 0 Å². The Bertz CT molecular complexity index is 935. The van der Waals surface area contributed by atoms with E-state index in [-0.39, 0.29) is 24.3 Å². The Labute approximate surface area is 193 Å². The van der Waals surface area contributed by atoms with Crippen LogP contribution < -0.4 is 5.32 Å². The van der Waals surface area contributed by atoms with E-state index in [9.17, 15) is 14.4 Å². The highest BCUT2D eigenvalue weighted by molar-refractivity contribution is 6.30. The van der Waals surface area contributed by atoms with Crippen molar-refractivity contribution in [3.63, 3.8) is 0 Å². The maximum atomic E-state index is 12.6. The van der Waals surface area contributed by atoms with Gasteiger partial charge in [0.25, 0.3) is 11.8 Å². The van der Waals surface area contributed by atoms with Crippen molar-refractivity contribution < 1.29 is 19.1 Å². The second kappa shape index (κ2) is 11.1. The Hall–Kier alpha value is -2.86. The van der Waals surface area contributed by atoms with Crippen LogP contribution >= 0.6 is 11.6 Å². The molecule has 2 aromatic rings. The number of halogens is 1. The van der Waals surface area contributed by atoms with Gasteiger partial charge < -0.3 is 15.0 Å². The van der Waals surface area contributed by atoms with Crippen molar-refractivity contribution in [1.82, 2.24) is 4.90 Å². The summed E-state index contributed by atoms with van der Waals surface area (Å²) >= 11 is 5.87. The average molecular weight is 457 g/mol. The first-order valence-corrected chi connectivity index (χ1v) is 11.4. The summed E-state index contributed by atoms with van der Waals surface area (Å²) in [5, 5.41) is 3.33. The van der Waals surface area contributed by atoms with Gasteiger partial charge in [-0.1, -0.05) is 37.6 Å². The molecule has 1 fully saturated rings. The van der Waals surface area contributed by atoms with E-state index in [1.165, 1.54) is 5.56 Å². The van der Waals surface area contributed by atoms with Gasteiger partial charge in [-0.05, 0) is 67.1 Å². The molecule has 6 nitrogen and oxygen atoms in total. The normalized spacial score (nSPS) is 15.2. The molecule has 32 heavy (non-hydrogen) atoms. The molecule has 1 aliphatic rings. The monoisotopic (exact) mass is 456 g/mol. The number of nitrogens with one attached hydrogen (secondary N) is 1. The van der Waals surface area contributed by atoms with Crippen LogP contribution in [0.5, 0.6) is 0 Å². The topological polar surface area (TPSA) is 75.7 Å². The molecule has 0 spiro atoms. The van der Waals surface area contributed by atoms with E-state index in [1.807, 2.05) is 24.3 Å². The molecule has 2 amide bonds. The van der Waals surface area contributed by atoms with Gasteiger partial charge in [0.1, 0.15) is 0 Å². The molecule has 1 aliphatic heterocycles. The lowest BCUT2D eigenvalue weighted by Gasteiger charge is -2.31. The second-order valence-electron chi connectivity index (χ2n) is 8.16. The summed E-state index contributed by atoms with van der Waals surface area (Å²) in [5.74, 6) is -0.691. The molecule has 0 aliphatic carbocycles. The third kappa shape index (κ3) is 6.33. The largest absolute Gasteiger partial charge is 0.455 e. The van der Waals surface area contributed by atoms with Gasteiger partial charge in [-0.15, -0.1) is 0 Å². The van der Waals surface area contributed by atoms with Crippen LogP contribution in [0.1, 0.15) is 54.9 Å². The van der Waals surface area contributed by atoms with Crippen molar-refractivity contribution in [1.29, 1.82) is 0 Å². The Balaban J connectivity index is 1.41. The zero-order valence-electron chi connectivity index (χ0n) is 18.5. The predicted octanol–water partition coefficient (Wildman–Crippen LogP) is 4.89. The third-order valence-corrected chi connectivity index (χ3v) is 6.18. The number of piperidine rings is 1. The molecular formula is C25H29ClN2O4. The average Bonchev–Trinajstić information content (AvgIpc) is 2.82. The number of amides is 2. The lowest BCUT2D eigenvalue weighted by molar-refractivity contribution is -0.152. The van der Waals surface area contributed by atoms with Crippen LogP contribution in [0.15, 0.2) is 48.5 Å². The van der Waals surface area contributed by atoms with Crippen molar-refractivity contribution >= 4 is 35.1 Å². The molecule has 1 N–H and O–H groups in total. The van der Waals surface area contributed by atoms with Crippen molar-refractivity contribution in [2.24, 2.45) is 5.92 Å². The first-order valence-electron chi connectivity index (χ1n) is 11.0. The number of ether oxygens (including phenoxy) is 1. The molecule has 3 rings (SSSR count). The molecule has 1 atom stereocenters. The first-order chi connectivity index (χ1) is 15.4. The summed E-state index contributed by atoms with van der Waals surface area (Å²) in [6.07, 6.45) is 2.07. The van der Waals surface area contributed by atoms with Gasteiger partial charge >= 0.3 is 5.97 Å². The lowest BCUT2D eigenvalue weighted by Crippen LogP contribution is -2.41. The highest BCUT2D eigenvalue weighted by Gasteiger charge is 2.29. The van der Waals surface area contributed by atoms with Crippen LogP contribution in [-0.2, 0) is 14.3 Å². The Kier molecular flexibility index (Phi) is 8.28. The molecule has 1 heterocycles. The van der Waals surface area contributed by atoms with Gasteiger partial charge in [-0.3, -0.25) is 14.4 Å². The zero-order valence-corrected chi connectivity index (χ0v) is 19.2. The number of carbonyl (C=O) groups is 3. The third-order valence-electron chi connectivity index (χ3n) is 5.93. The SMILES string of the molecule is CC[C@@H](C)c1ccc(NC(=O)COC(=O)C2CCN(C(=O)c3ccc(Cl)cc3)CC2)cc1. The highest BCUT2D eigenvalue weighted by atomic mass is 35.5. The van der Waals surface area contributed by atoms with Gasteiger partial charge in [-0.25, -0.2) is 0 Å². The number of hydrogen-bond donors (Lipinski definition) is 1. The number of nitrogens with zero attached hydrogens (tertiary/aromatic N) is 1. The van der Waals surface area contributed by atoms with Crippen molar-refractivity contribution in [3.05, 3.63) is 64.7 Å². The lowest BCUT2D eigenvalue weighted by atomic mass is 9.96. The van der Waals surface area contributed by atoms with E-state index in [0.717, 1.165) is 6.42 Å². The van der Waals surface area contributed by atoms with Crippen LogP contribution in [-0.4, -0.2) is 42.4 Å². The second-order valence-corrected chi connectivity index (χ2v) is 8.60. The molecule has 1 saturated heterocycles. The van der Waals surface area contributed by atoms with Crippen molar-refractivity contribution in [3.8, 4) is 0 Å². The molecule has 2 aromatic carbocycles. The molecule has 0 bridgehead atoms. The van der Waals surface area contributed by atoms with Gasteiger partial charge in [0.15, 0.2) is 6.61 Å². The van der Waals surface area contributed by atoms with Crippen LogP contribution in [0.4, 0.5) is 5.69 Å². The molecular weight excluding hydrogens is 428 g/mol. The molecule has 0 saturated carbocycles. The number of anilines is 1. The summed E-state index contributed by atoms with van der Waals surface area (Å²) in [5.41, 5.74) is 2.47. The van der Waals surface area contributed by atoms with Crippen LogP contribution in [0.25, 0.3) is 0 Å². The number of hydrogen-bond acceptors (Lipinski definition) is 4. The highest BCUT2D eigenvalue weighted by Crippen LogP contribution is 2.22. The summed E-state index contributed by atoms with van der Waals surface area (Å²) in [7, 11) is 0. The minimum atomic E-state index is -0.397. The van der Waals surface area contributed by atoms with Gasteiger partial charge in [-0.2, -0.15) is 0 Å². The van der Waals surface area contributed by atoms with Crippen LogP contribution in [0.2, 0.25) is 5.02 Å². The molecule has 0 radical (unpaired) electrons. The van der Waals surface area contributed by atoms with E-state index in [0.29, 0.717) is 48.1 Å². The fraction of sp³-hybridized carbons (Fsp3) is 0.400. The number of carbonyl (C=O) groups excluding carboxylic acids is 3. The summed E-state index contributed by atoms with van der Waals surface area (Å²) in [6, 6.07) is 14.5. The minimum Gasteiger partial charge on any atom is -0.455 e. The molecule has 0 aromatic heterocycles. The van der Waals surface area contributed by atoms with Crippen molar-refractivity contribution in [2.75, 3.05) is 25.0 Å². The number of likely N-dealkylation sites (tertiary alicyclic amines) is 1. The van der Waals surface area contributed by atoms with E-state index in [4.69, 9.17) is 16.3 Å². The van der Waals surface area contributed by atoms with Crippen LogP contribution in [0, 0.1) is 5.92 Å². The first kappa shape index (κ1) is 23.8. The van der Waals surface area contributed by atoms with Crippen LogP contribution in [0.3, 0.4) is 0 Å². The molecule has 0 unspecified atom stereocenters. The van der Waals surface area contributed by atoms with E-state index in [1.54, 1.807) is 29.2 Å². The molecule has 7 heteroatoms. The van der Waals surface area contributed by atoms with E-state index < -0.39 is 5.97 Å². The fourth-order valence-corrected chi connectivity index (χ4v) is 3.80. The van der Waals surface area contributed by atoms with E-state index in [2.05, 4.69) is 19.2 Å². The number of benzene rings is 2. The fourth-order valence-electron chi connectivity index (χ4n) is 3.68. The predicted molar refractivity (Wildman–Crippen MR) is 125 cm³/mol. The summed E-state index contributed by atoms with van der Waals surface area (Å²) in [4.78, 5) is 38.8. The van der Waals surface area contributed by atoms with E-state index >= 15 is 0 Å². The standard InChI is InChI=1S/C25H29ClN2O4/c1-3-17(2)18-6-10-22(11-7-18)27-23(29)16-32-25(31)20-12-14-28(15-13-20)24(30)19-4-8-21(26)9-5-19/h4-11,17,20H,3,12-16H2,1-2H3,(H,27,29)/t17-/m1/s1. The van der Waals surface area contributed by atoms with Gasteiger partial charge in [0, 0.05) is 29.4 Å². The van der Waals surface area contributed by atoms with Crippen molar-refractivity contribution in [2.45, 2.75) is 39.0 Å². The summed E-state index contributed by atoms with van der Waals surface area (Å²) < 4.78 is 5.22.